The topological polar surface area (TPSA) is 111 Å². The molecule has 206 valence electrons. The summed E-state index contributed by atoms with van der Waals surface area (Å²) in [5.74, 6) is -1.32. The van der Waals surface area contributed by atoms with Crippen molar-refractivity contribution in [2.24, 2.45) is 0 Å². The van der Waals surface area contributed by atoms with Crippen molar-refractivity contribution < 1.29 is 29.3 Å². The number of anilines is 1. The van der Waals surface area contributed by atoms with Crippen molar-refractivity contribution in [3.63, 3.8) is 0 Å². The second kappa shape index (κ2) is 14.5. The van der Waals surface area contributed by atoms with Gasteiger partial charge in [0.1, 0.15) is 5.75 Å². The Morgan fingerprint density at radius 1 is 0.895 bits per heavy atom. The number of amides is 1. The molecule has 2 aliphatic rings. The Morgan fingerprint density at radius 2 is 1.53 bits per heavy atom. The molecule has 0 saturated carbocycles. The number of benzene rings is 1. The molecule has 2 N–H and O–H groups in total. The smallest absolute Gasteiger partial charge is 0.328 e. The number of likely N-dealkylation sites (tertiary alicyclic amines) is 1. The third-order valence-electron chi connectivity index (χ3n) is 6.20. The van der Waals surface area contributed by atoms with Crippen molar-refractivity contribution in [3.8, 4) is 5.75 Å². The Hall–Kier alpha value is -3.37. The van der Waals surface area contributed by atoms with Gasteiger partial charge in [0.05, 0.1) is 16.7 Å². The van der Waals surface area contributed by atoms with Crippen molar-refractivity contribution in [1.82, 2.24) is 9.80 Å². The minimum atomic E-state index is -1.26. The molecule has 38 heavy (non-hydrogen) atoms. The maximum Gasteiger partial charge on any atom is 0.328 e. The number of piperidine rings is 1. The molecule has 10 heteroatoms. The average Bonchev–Trinajstić information content (AvgIpc) is 3.37. The van der Waals surface area contributed by atoms with E-state index < -0.39 is 11.9 Å². The highest BCUT2D eigenvalue weighted by molar-refractivity contribution is 7.14. The van der Waals surface area contributed by atoms with Crippen LogP contribution in [0.4, 0.5) is 5.69 Å². The molecule has 0 atom stereocenters. The molecule has 0 spiro atoms. The lowest BCUT2D eigenvalue weighted by Crippen LogP contribution is -2.46. The van der Waals surface area contributed by atoms with Gasteiger partial charge in [-0.1, -0.05) is 12.1 Å². The Balaban J connectivity index is 0.000000436. The quantitative estimate of drug-likeness (QED) is 0.477. The van der Waals surface area contributed by atoms with Gasteiger partial charge in [0.25, 0.3) is 5.91 Å². The summed E-state index contributed by atoms with van der Waals surface area (Å²) in [6.45, 7) is 10.9. The summed E-state index contributed by atoms with van der Waals surface area (Å²) in [6.07, 6.45) is 4.82. The highest BCUT2D eigenvalue weighted by Crippen LogP contribution is 2.30. The zero-order chi connectivity index (χ0) is 27.5. The summed E-state index contributed by atoms with van der Waals surface area (Å²) in [7, 11) is 0. The van der Waals surface area contributed by atoms with Crippen LogP contribution in [0.15, 0.2) is 48.6 Å². The van der Waals surface area contributed by atoms with Gasteiger partial charge in [0, 0.05) is 62.8 Å². The minimum absolute atomic E-state index is 0.174. The van der Waals surface area contributed by atoms with Crippen LogP contribution in [0.3, 0.4) is 0 Å². The minimum Gasteiger partial charge on any atom is -0.489 e. The fraction of sp³-hybridized carbons (Fsp3) is 0.464. The fourth-order valence-corrected chi connectivity index (χ4v) is 5.43. The highest BCUT2D eigenvalue weighted by atomic mass is 32.1. The van der Waals surface area contributed by atoms with Crippen molar-refractivity contribution in [2.45, 2.75) is 45.8 Å². The van der Waals surface area contributed by atoms with E-state index in [9.17, 15) is 14.4 Å². The Kier molecular flexibility index (Phi) is 11.2. The van der Waals surface area contributed by atoms with Crippen LogP contribution >= 0.6 is 11.3 Å². The van der Waals surface area contributed by atoms with Crippen LogP contribution in [0.2, 0.25) is 0 Å². The number of ether oxygens (including phenoxy) is 1. The summed E-state index contributed by atoms with van der Waals surface area (Å²) >= 11 is 1.67. The van der Waals surface area contributed by atoms with Crippen molar-refractivity contribution in [1.29, 1.82) is 0 Å². The molecule has 0 aliphatic carbocycles. The monoisotopic (exact) mass is 543 g/mol. The fourth-order valence-electron chi connectivity index (χ4n) is 4.41. The van der Waals surface area contributed by atoms with E-state index in [1.165, 1.54) is 17.0 Å². The van der Waals surface area contributed by atoms with Gasteiger partial charge in [-0.3, -0.25) is 9.69 Å². The lowest BCUT2D eigenvalue weighted by molar-refractivity contribution is -0.134. The molecule has 1 aromatic heterocycles. The van der Waals surface area contributed by atoms with Gasteiger partial charge in [0.2, 0.25) is 0 Å². The van der Waals surface area contributed by atoms with Gasteiger partial charge in [-0.05, 0) is 57.4 Å². The van der Waals surface area contributed by atoms with Crippen LogP contribution in [0, 0.1) is 0 Å². The van der Waals surface area contributed by atoms with Crippen LogP contribution < -0.4 is 9.64 Å². The van der Waals surface area contributed by atoms with Crippen molar-refractivity contribution >= 4 is 34.9 Å². The lowest BCUT2D eigenvalue weighted by atomic mass is 10.1. The number of thiophene rings is 1. The summed E-state index contributed by atoms with van der Waals surface area (Å²) in [5.41, 5.74) is 1.19. The molecule has 9 nitrogen and oxygen atoms in total. The molecule has 4 rings (SSSR count). The second-order valence-corrected chi connectivity index (χ2v) is 10.7. The number of carboxylic acid groups (broad SMARTS) is 2. The van der Waals surface area contributed by atoms with Crippen LogP contribution in [0.5, 0.6) is 5.75 Å². The standard InChI is InChI=1S/C24H33N3O2S.C4H4O4/c1-19(2)29-22-9-5-4-8-21(22)26-16-14-25(15-17-26)18-20-10-11-23(30-20)24(28)27-12-6-3-7-13-27;5-3(6)1-2-4(7)8/h4-5,8-11,19H,3,6-7,12-18H2,1-2H3;1-2H,(H,5,6)(H,7,8)/b;2-1+. The van der Waals surface area contributed by atoms with E-state index >= 15 is 0 Å². The van der Waals surface area contributed by atoms with Gasteiger partial charge in [-0.2, -0.15) is 0 Å². The number of hydrogen-bond donors (Lipinski definition) is 2. The predicted octanol–water partition coefficient (Wildman–Crippen LogP) is 4.20. The van der Waals surface area contributed by atoms with Crippen LogP contribution in [-0.4, -0.2) is 83.2 Å². The third-order valence-corrected chi connectivity index (χ3v) is 7.26. The number of hydrogen-bond acceptors (Lipinski definition) is 7. The zero-order valence-corrected chi connectivity index (χ0v) is 22.9. The molecule has 3 heterocycles. The molecule has 2 saturated heterocycles. The zero-order valence-electron chi connectivity index (χ0n) is 22.0. The molecule has 2 aromatic rings. The van der Waals surface area contributed by atoms with Crippen LogP contribution in [0.25, 0.3) is 0 Å². The number of nitrogens with zero attached hydrogens (tertiary/aromatic N) is 3. The van der Waals surface area contributed by atoms with Gasteiger partial charge in [-0.15, -0.1) is 11.3 Å². The average molecular weight is 544 g/mol. The summed E-state index contributed by atoms with van der Waals surface area (Å²) in [6, 6.07) is 12.5. The molecular weight excluding hydrogens is 506 g/mol. The van der Waals surface area contributed by atoms with Gasteiger partial charge < -0.3 is 24.7 Å². The van der Waals surface area contributed by atoms with Crippen molar-refractivity contribution in [2.75, 3.05) is 44.2 Å². The van der Waals surface area contributed by atoms with Gasteiger partial charge >= 0.3 is 11.9 Å². The van der Waals surface area contributed by atoms with Crippen LogP contribution in [0.1, 0.15) is 47.7 Å². The number of para-hydroxylation sites is 2. The van der Waals surface area contributed by atoms with Gasteiger partial charge in [0.15, 0.2) is 0 Å². The van der Waals surface area contributed by atoms with E-state index in [0.29, 0.717) is 12.2 Å². The Labute approximate surface area is 227 Å². The van der Waals surface area contributed by atoms with E-state index in [1.807, 2.05) is 17.0 Å². The Bertz CT molecular complexity index is 1090. The molecule has 0 radical (unpaired) electrons. The maximum absolute atomic E-state index is 12.7. The molecule has 0 unspecified atom stereocenters. The highest BCUT2D eigenvalue weighted by Gasteiger charge is 2.22. The first kappa shape index (κ1) is 29.2. The number of aliphatic carboxylic acids is 2. The molecular formula is C28H37N3O6S. The van der Waals surface area contributed by atoms with E-state index in [1.54, 1.807) is 11.3 Å². The maximum atomic E-state index is 12.7. The number of carbonyl (C=O) groups is 3. The second-order valence-electron chi connectivity index (χ2n) is 9.53. The SMILES string of the molecule is CC(C)Oc1ccccc1N1CCN(Cc2ccc(C(=O)N3CCCCC3)s2)CC1.O=C(O)/C=C/C(=O)O. The largest absolute Gasteiger partial charge is 0.489 e. The first-order valence-electron chi connectivity index (χ1n) is 13.0. The van der Waals surface area contributed by atoms with E-state index in [2.05, 4.69) is 47.9 Å². The molecule has 1 amide bonds. The Morgan fingerprint density at radius 3 is 2.13 bits per heavy atom. The van der Waals surface area contributed by atoms with E-state index in [0.717, 1.165) is 69.3 Å². The first-order valence-corrected chi connectivity index (χ1v) is 13.8. The van der Waals surface area contributed by atoms with Crippen LogP contribution in [-0.2, 0) is 16.1 Å². The molecule has 1 aromatic carbocycles. The number of carboxylic acids is 2. The summed E-state index contributed by atoms with van der Waals surface area (Å²) in [5, 5.41) is 15.6. The van der Waals surface area contributed by atoms with E-state index in [4.69, 9.17) is 14.9 Å². The molecule has 2 aliphatic heterocycles. The molecule has 0 bridgehead atoms. The lowest BCUT2D eigenvalue weighted by Gasteiger charge is -2.36. The first-order chi connectivity index (χ1) is 18.2. The van der Waals surface area contributed by atoms with Gasteiger partial charge in [-0.25, -0.2) is 9.59 Å². The summed E-state index contributed by atoms with van der Waals surface area (Å²) in [4.78, 5) is 40.9. The number of piperazine rings is 1. The summed E-state index contributed by atoms with van der Waals surface area (Å²) < 4.78 is 6.01. The number of rotatable bonds is 8. The predicted molar refractivity (Wildman–Crippen MR) is 148 cm³/mol. The normalized spacial score (nSPS) is 16.3. The third kappa shape index (κ3) is 9.18. The molecule has 2 fully saturated rings. The van der Waals surface area contributed by atoms with E-state index in [-0.39, 0.29) is 12.0 Å². The van der Waals surface area contributed by atoms with Crippen molar-refractivity contribution in [3.05, 3.63) is 58.3 Å². The number of carbonyl (C=O) groups excluding carboxylic acids is 1.